The summed E-state index contributed by atoms with van der Waals surface area (Å²) in [4.78, 5) is 21.0. The first kappa shape index (κ1) is 13.8. The lowest BCUT2D eigenvalue weighted by Crippen LogP contribution is -2.38. The number of carboxylic acids is 1. The minimum atomic E-state index is -4.68. The van der Waals surface area contributed by atoms with Crippen molar-refractivity contribution in [1.29, 1.82) is 0 Å². The highest BCUT2D eigenvalue weighted by Gasteiger charge is 2.32. The van der Waals surface area contributed by atoms with Gasteiger partial charge in [-0.05, 0) is 6.92 Å². The number of rotatable bonds is 3. The van der Waals surface area contributed by atoms with Crippen molar-refractivity contribution in [1.82, 2.24) is 4.42 Å². The molecule has 0 rings (SSSR count). The lowest BCUT2D eigenvalue weighted by molar-refractivity contribution is -0.162. The molecule has 0 bridgehead atoms. The molecule has 0 saturated carbocycles. The molecule has 0 radical (unpaired) electrons. The maximum Gasteiger partial charge on any atom is 0.425 e. The summed E-state index contributed by atoms with van der Waals surface area (Å²) in [6.45, 7) is -0.800. The van der Waals surface area contributed by atoms with E-state index in [0.717, 1.165) is 6.92 Å². The number of carbonyl (C=O) groups is 2. The SMILES string of the molecule is C[C@@H](C(=O)O)N(Cl)C(=O)OCC(F)(F)F. The third-order valence-electron chi connectivity index (χ3n) is 1.23. The van der Waals surface area contributed by atoms with Gasteiger partial charge in [0, 0.05) is 11.8 Å². The molecule has 0 heterocycles. The van der Waals surface area contributed by atoms with E-state index < -0.39 is 30.9 Å². The Hall–Kier alpha value is -1.18. The lowest BCUT2D eigenvalue weighted by atomic mass is 10.3. The molecule has 0 aromatic carbocycles. The largest absolute Gasteiger partial charge is 0.480 e. The van der Waals surface area contributed by atoms with Gasteiger partial charge in [-0.2, -0.15) is 13.2 Å². The third kappa shape index (κ3) is 5.31. The smallest absolute Gasteiger partial charge is 0.425 e. The van der Waals surface area contributed by atoms with Crippen LogP contribution < -0.4 is 0 Å². The summed E-state index contributed by atoms with van der Waals surface area (Å²) in [5.74, 6) is -1.46. The van der Waals surface area contributed by atoms with Crippen LogP contribution in [-0.2, 0) is 9.53 Å². The Balaban J connectivity index is 4.17. The highest BCUT2D eigenvalue weighted by Crippen LogP contribution is 2.16. The van der Waals surface area contributed by atoms with E-state index in [-0.39, 0.29) is 4.42 Å². The van der Waals surface area contributed by atoms with Gasteiger partial charge in [0.05, 0.1) is 0 Å². The van der Waals surface area contributed by atoms with Crippen molar-refractivity contribution in [2.75, 3.05) is 6.61 Å². The summed E-state index contributed by atoms with van der Waals surface area (Å²) < 4.78 is 38.5. The molecule has 1 atom stereocenters. The van der Waals surface area contributed by atoms with Gasteiger partial charge < -0.3 is 9.84 Å². The maximum absolute atomic E-state index is 11.6. The van der Waals surface area contributed by atoms with Gasteiger partial charge in [-0.1, -0.05) is 0 Å². The monoisotopic (exact) mass is 249 g/mol. The molecule has 0 saturated heterocycles. The Morgan fingerprint density at radius 1 is 1.53 bits per heavy atom. The van der Waals surface area contributed by atoms with E-state index in [0.29, 0.717) is 0 Å². The molecule has 1 N–H and O–H groups in total. The summed E-state index contributed by atoms with van der Waals surface area (Å²) >= 11 is 5.12. The van der Waals surface area contributed by atoms with Gasteiger partial charge in [0.2, 0.25) is 0 Å². The molecular weight excluding hydrogens is 243 g/mol. The molecule has 1 amide bonds. The van der Waals surface area contributed by atoms with E-state index >= 15 is 0 Å². The van der Waals surface area contributed by atoms with Gasteiger partial charge in [0.1, 0.15) is 6.04 Å². The zero-order chi connectivity index (χ0) is 12.2. The highest BCUT2D eigenvalue weighted by atomic mass is 35.5. The number of hydrogen-bond acceptors (Lipinski definition) is 3. The van der Waals surface area contributed by atoms with Crippen molar-refractivity contribution < 1.29 is 32.6 Å². The predicted molar refractivity (Wildman–Crippen MR) is 42.2 cm³/mol. The molecular formula is C6H7ClF3NO4. The number of ether oxygens (including phenoxy) is 1. The normalized spacial score (nSPS) is 13.1. The molecule has 15 heavy (non-hydrogen) atoms. The average molecular weight is 250 g/mol. The molecule has 0 aliphatic carbocycles. The Bertz CT molecular complexity index is 257. The van der Waals surface area contributed by atoms with Crippen LogP contribution in [0.2, 0.25) is 0 Å². The topological polar surface area (TPSA) is 66.8 Å². The minimum absolute atomic E-state index is 0.0358. The number of hydrogen-bond donors (Lipinski definition) is 1. The van der Waals surface area contributed by atoms with E-state index in [9.17, 15) is 22.8 Å². The van der Waals surface area contributed by atoms with E-state index in [1.54, 1.807) is 0 Å². The number of alkyl halides is 3. The zero-order valence-corrected chi connectivity index (χ0v) is 8.17. The van der Waals surface area contributed by atoms with Gasteiger partial charge in [0.15, 0.2) is 6.61 Å². The quantitative estimate of drug-likeness (QED) is 0.772. The van der Waals surface area contributed by atoms with Crippen molar-refractivity contribution in [3.8, 4) is 0 Å². The van der Waals surface area contributed by atoms with Crippen molar-refractivity contribution >= 4 is 23.8 Å². The number of carboxylic acid groups (broad SMARTS) is 1. The Morgan fingerprint density at radius 2 is 2.00 bits per heavy atom. The van der Waals surface area contributed by atoms with Gasteiger partial charge in [-0.15, -0.1) is 0 Å². The first-order valence-corrected chi connectivity index (χ1v) is 3.90. The molecule has 0 fully saturated rings. The molecule has 88 valence electrons. The van der Waals surface area contributed by atoms with E-state index in [1.807, 2.05) is 0 Å². The number of aliphatic carboxylic acids is 1. The van der Waals surface area contributed by atoms with Crippen molar-refractivity contribution in [2.45, 2.75) is 19.1 Å². The van der Waals surface area contributed by atoms with Crippen LogP contribution in [0, 0.1) is 0 Å². The fourth-order valence-corrected chi connectivity index (χ4v) is 0.593. The minimum Gasteiger partial charge on any atom is -0.480 e. The molecule has 0 unspecified atom stereocenters. The van der Waals surface area contributed by atoms with Crippen molar-refractivity contribution in [3.63, 3.8) is 0 Å². The van der Waals surface area contributed by atoms with Crippen molar-refractivity contribution in [3.05, 3.63) is 0 Å². The van der Waals surface area contributed by atoms with E-state index in [2.05, 4.69) is 4.74 Å². The second-order valence-electron chi connectivity index (χ2n) is 2.50. The van der Waals surface area contributed by atoms with Crippen LogP contribution >= 0.6 is 11.8 Å². The summed E-state index contributed by atoms with van der Waals surface area (Å²) in [6.07, 6.45) is -6.25. The summed E-state index contributed by atoms with van der Waals surface area (Å²) in [7, 11) is 0. The number of carbonyl (C=O) groups excluding carboxylic acids is 1. The zero-order valence-electron chi connectivity index (χ0n) is 7.42. The standard InChI is InChI=1S/C6H7ClF3NO4/c1-3(4(12)13)11(7)5(14)15-2-6(8,9)10/h3H,2H2,1H3,(H,12,13)/t3-/m0/s1. The van der Waals surface area contributed by atoms with Crippen molar-refractivity contribution in [2.24, 2.45) is 0 Å². The first-order valence-electron chi connectivity index (χ1n) is 3.56. The first-order chi connectivity index (χ1) is 6.65. The van der Waals surface area contributed by atoms with Crippen LogP contribution in [0.25, 0.3) is 0 Å². The van der Waals surface area contributed by atoms with Gasteiger partial charge >= 0.3 is 18.2 Å². The number of halogens is 4. The summed E-state index contributed by atoms with van der Waals surface area (Å²) in [5, 5.41) is 8.37. The lowest BCUT2D eigenvalue weighted by Gasteiger charge is -2.18. The fraction of sp³-hybridized carbons (Fsp3) is 0.667. The van der Waals surface area contributed by atoms with Crippen LogP contribution in [0.4, 0.5) is 18.0 Å². The van der Waals surface area contributed by atoms with Crippen LogP contribution in [0.1, 0.15) is 6.92 Å². The van der Waals surface area contributed by atoms with Crippen LogP contribution in [0.3, 0.4) is 0 Å². The molecule has 5 nitrogen and oxygen atoms in total. The van der Waals surface area contributed by atoms with Crippen LogP contribution in [0.5, 0.6) is 0 Å². The Labute approximate surface area is 87.5 Å². The van der Waals surface area contributed by atoms with E-state index in [4.69, 9.17) is 16.9 Å². The Kier molecular flexibility index (Phi) is 4.66. The fourth-order valence-electron chi connectivity index (χ4n) is 0.460. The van der Waals surface area contributed by atoms with Gasteiger partial charge in [-0.3, -0.25) is 0 Å². The molecule has 0 spiro atoms. The highest BCUT2D eigenvalue weighted by molar-refractivity contribution is 6.21. The summed E-state index contributed by atoms with van der Waals surface area (Å²) in [6, 6.07) is -1.48. The number of nitrogens with zero attached hydrogens (tertiary/aromatic N) is 1. The molecule has 0 aromatic heterocycles. The summed E-state index contributed by atoms with van der Waals surface area (Å²) in [5.41, 5.74) is 0. The number of amides is 1. The van der Waals surface area contributed by atoms with Crippen LogP contribution in [-0.4, -0.2) is 40.4 Å². The van der Waals surface area contributed by atoms with Gasteiger partial charge in [0.25, 0.3) is 0 Å². The molecule has 0 aliphatic rings. The average Bonchev–Trinajstić information content (AvgIpc) is 2.10. The predicted octanol–water partition coefficient (Wildman–Crippen LogP) is 1.61. The Morgan fingerprint density at radius 3 is 2.33 bits per heavy atom. The third-order valence-corrected chi connectivity index (χ3v) is 1.66. The van der Waals surface area contributed by atoms with Crippen LogP contribution in [0.15, 0.2) is 0 Å². The molecule has 0 aliphatic heterocycles. The van der Waals surface area contributed by atoms with Gasteiger partial charge in [-0.25, -0.2) is 14.0 Å². The molecule has 9 heteroatoms. The molecule has 0 aromatic rings. The van der Waals surface area contributed by atoms with E-state index in [1.165, 1.54) is 0 Å². The second-order valence-corrected chi connectivity index (χ2v) is 2.86. The maximum atomic E-state index is 11.6. The second kappa shape index (κ2) is 5.06.